The summed E-state index contributed by atoms with van der Waals surface area (Å²) in [7, 11) is 1.61. The summed E-state index contributed by atoms with van der Waals surface area (Å²) in [5, 5.41) is 8.13. The molecule has 10 heteroatoms. The molecule has 0 bridgehead atoms. The molecule has 0 aliphatic carbocycles. The van der Waals surface area contributed by atoms with E-state index in [1.165, 1.54) is 28.8 Å². The van der Waals surface area contributed by atoms with E-state index in [-0.39, 0.29) is 35.2 Å². The van der Waals surface area contributed by atoms with E-state index in [1.807, 2.05) is 48.5 Å². The highest BCUT2D eigenvalue weighted by molar-refractivity contribution is 8.00. The third kappa shape index (κ3) is 6.06. The summed E-state index contributed by atoms with van der Waals surface area (Å²) in [4.78, 5) is 28.2. The van der Waals surface area contributed by atoms with Gasteiger partial charge in [0, 0.05) is 36.4 Å². The van der Waals surface area contributed by atoms with Crippen LogP contribution in [0.2, 0.25) is 5.02 Å². The lowest BCUT2D eigenvalue weighted by molar-refractivity contribution is -0.122. The van der Waals surface area contributed by atoms with E-state index >= 15 is 0 Å². The molecule has 5 rings (SSSR count). The van der Waals surface area contributed by atoms with E-state index in [2.05, 4.69) is 5.32 Å². The number of amides is 2. The fraction of sp³-hybridized carbons (Fsp3) is 0.233. The van der Waals surface area contributed by atoms with Crippen molar-refractivity contribution >= 4 is 41.0 Å². The van der Waals surface area contributed by atoms with Crippen molar-refractivity contribution in [2.45, 2.75) is 11.7 Å². The third-order valence-electron chi connectivity index (χ3n) is 6.51. The molecule has 1 N–H and O–H groups in total. The van der Waals surface area contributed by atoms with Crippen molar-refractivity contribution in [2.75, 3.05) is 37.5 Å². The minimum absolute atomic E-state index is 0.139. The van der Waals surface area contributed by atoms with Crippen molar-refractivity contribution < 1.29 is 18.7 Å². The number of nitrogens with zero attached hydrogens (tertiary/aromatic N) is 3. The Bertz CT molecular complexity index is 1500. The van der Waals surface area contributed by atoms with Crippen molar-refractivity contribution in [2.24, 2.45) is 0 Å². The predicted octanol–water partition coefficient (Wildman–Crippen LogP) is 5.65. The van der Waals surface area contributed by atoms with Gasteiger partial charge in [-0.2, -0.15) is 5.10 Å². The highest BCUT2D eigenvalue weighted by Gasteiger charge is 2.37. The monoisotopic (exact) mass is 578 g/mol. The lowest BCUT2D eigenvalue weighted by Crippen LogP contribution is -2.42. The Morgan fingerprint density at radius 3 is 2.62 bits per heavy atom. The van der Waals surface area contributed by atoms with Gasteiger partial charge >= 0.3 is 0 Å². The predicted molar refractivity (Wildman–Crippen MR) is 157 cm³/mol. The fourth-order valence-electron chi connectivity index (χ4n) is 4.67. The molecule has 0 saturated carbocycles. The number of benzene rings is 3. The lowest BCUT2D eigenvalue weighted by atomic mass is 9.99. The first-order valence-corrected chi connectivity index (χ1v) is 14.3. The number of anilines is 1. The molecule has 1 aliphatic heterocycles. The van der Waals surface area contributed by atoms with Crippen molar-refractivity contribution in [1.82, 2.24) is 15.1 Å². The topological polar surface area (TPSA) is 76.5 Å². The Hall–Kier alpha value is -3.66. The third-order valence-corrected chi connectivity index (χ3v) is 8.00. The second kappa shape index (κ2) is 12.7. The van der Waals surface area contributed by atoms with Gasteiger partial charge in [0.15, 0.2) is 0 Å². The van der Waals surface area contributed by atoms with Gasteiger partial charge in [-0.25, -0.2) is 9.07 Å². The number of nitrogens with one attached hydrogen (secondary N) is 1. The largest absolute Gasteiger partial charge is 0.385 e. The molecule has 1 atom stereocenters. The summed E-state index contributed by atoms with van der Waals surface area (Å²) in [6.45, 7) is 0.750. The average Bonchev–Trinajstić information content (AvgIpc) is 3.28. The maximum absolute atomic E-state index is 13.9. The molecule has 3 aromatic carbocycles. The summed E-state index contributed by atoms with van der Waals surface area (Å²) in [6, 6.07) is 23.1. The SMILES string of the molecule is COCCCNC(=O)CN1C(=O)CS[C@@H](c2cccc(Cl)c2)c2c(-c3ccccc3)nn(-c3ccc(F)cc3)c21. The number of carbonyl (C=O) groups excluding carboxylic acids is 2. The first-order valence-electron chi connectivity index (χ1n) is 12.8. The summed E-state index contributed by atoms with van der Waals surface area (Å²) in [5.41, 5.74) is 3.77. The van der Waals surface area contributed by atoms with Gasteiger partial charge in [-0.3, -0.25) is 14.5 Å². The Balaban J connectivity index is 1.71. The minimum atomic E-state index is -0.388. The number of rotatable bonds is 9. The van der Waals surface area contributed by atoms with Crippen LogP contribution in [-0.4, -0.2) is 54.2 Å². The number of aromatic nitrogens is 2. The van der Waals surface area contributed by atoms with E-state index in [4.69, 9.17) is 21.4 Å². The Morgan fingerprint density at radius 1 is 1.12 bits per heavy atom. The maximum atomic E-state index is 13.9. The van der Waals surface area contributed by atoms with Crippen molar-refractivity contribution in [3.63, 3.8) is 0 Å². The molecular weight excluding hydrogens is 551 g/mol. The number of ether oxygens (including phenoxy) is 1. The quantitative estimate of drug-likeness (QED) is 0.260. The van der Waals surface area contributed by atoms with Gasteiger partial charge in [-0.15, -0.1) is 11.8 Å². The number of halogens is 2. The molecule has 4 aromatic rings. The number of carbonyl (C=O) groups is 2. The molecule has 0 saturated heterocycles. The number of hydrogen-bond acceptors (Lipinski definition) is 5. The van der Waals surface area contributed by atoms with Crippen LogP contribution in [0.15, 0.2) is 78.9 Å². The molecule has 7 nitrogen and oxygen atoms in total. The highest BCUT2D eigenvalue weighted by atomic mass is 35.5. The Labute approximate surface area is 241 Å². The zero-order chi connectivity index (χ0) is 28.1. The molecular formula is C30H28ClFN4O3S. The molecule has 0 spiro atoms. The van der Waals surface area contributed by atoms with Crippen LogP contribution < -0.4 is 10.2 Å². The van der Waals surface area contributed by atoms with Gasteiger partial charge in [-0.1, -0.05) is 54.1 Å². The first-order chi connectivity index (χ1) is 19.5. The normalized spacial score (nSPS) is 15.0. The summed E-state index contributed by atoms with van der Waals surface area (Å²) >= 11 is 7.86. The average molecular weight is 579 g/mol. The summed E-state index contributed by atoms with van der Waals surface area (Å²) in [5.74, 6) is -0.306. The number of fused-ring (bicyclic) bond motifs is 1. The fourth-order valence-corrected chi connectivity index (χ4v) is 6.05. The van der Waals surface area contributed by atoms with Crippen LogP contribution in [0.25, 0.3) is 16.9 Å². The molecule has 2 heterocycles. The first kappa shape index (κ1) is 27.9. The number of thioether (sulfide) groups is 1. The number of methoxy groups -OCH3 is 1. The van der Waals surface area contributed by atoms with E-state index in [9.17, 15) is 14.0 Å². The minimum Gasteiger partial charge on any atom is -0.385 e. The van der Waals surface area contributed by atoms with E-state index in [0.717, 1.165) is 16.7 Å². The van der Waals surface area contributed by atoms with Crippen molar-refractivity contribution in [3.8, 4) is 16.9 Å². The molecule has 206 valence electrons. The molecule has 0 unspecified atom stereocenters. The zero-order valence-corrected chi connectivity index (χ0v) is 23.4. The van der Waals surface area contributed by atoms with Crippen LogP contribution in [0.1, 0.15) is 22.8 Å². The van der Waals surface area contributed by atoms with Crippen LogP contribution in [0, 0.1) is 5.82 Å². The maximum Gasteiger partial charge on any atom is 0.240 e. The van der Waals surface area contributed by atoms with E-state index in [0.29, 0.717) is 41.8 Å². The summed E-state index contributed by atoms with van der Waals surface area (Å²) < 4.78 is 20.6. The number of hydrogen-bond donors (Lipinski definition) is 1. The van der Waals surface area contributed by atoms with Gasteiger partial charge in [0.1, 0.15) is 18.2 Å². The molecule has 1 aromatic heterocycles. The van der Waals surface area contributed by atoms with Gasteiger partial charge in [-0.05, 0) is 48.4 Å². The van der Waals surface area contributed by atoms with Crippen LogP contribution in [0.5, 0.6) is 0 Å². The van der Waals surface area contributed by atoms with E-state index < -0.39 is 0 Å². The molecule has 2 amide bonds. The van der Waals surface area contributed by atoms with E-state index in [1.54, 1.807) is 30.0 Å². The smallest absolute Gasteiger partial charge is 0.240 e. The van der Waals surface area contributed by atoms with Gasteiger partial charge in [0.2, 0.25) is 11.8 Å². The summed E-state index contributed by atoms with van der Waals surface area (Å²) in [6.07, 6.45) is 0.653. The lowest BCUT2D eigenvalue weighted by Gasteiger charge is -2.23. The van der Waals surface area contributed by atoms with Gasteiger partial charge < -0.3 is 10.1 Å². The van der Waals surface area contributed by atoms with Crippen molar-refractivity contribution in [3.05, 3.63) is 101 Å². The molecule has 0 fully saturated rings. The Kier molecular flexibility index (Phi) is 8.84. The second-order valence-electron chi connectivity index (χ2n) is 9.26. The molecule has 0 radical (unpaired) electrons. The van der Waals surface area contributed by atoms with Crippen LogP contribution in [0.4, 0.5) is 10.2 Å². The zero-order valence-electron chi connectivity index (χ0n) is 21.8. The van der Waals surface area contributed by atoms with Crippen LogP contribution >= 0.6 is 23.4 Å². The molecule has 1 aliphatic rings. The van der Waals surface area contributed by atoms with Crippen LogP contribution in [0.3, 0.4) is 0 Å². The molecule has 40 heavy (non-hydrogen) atoms. The highest BCUT2D eigenvalue weighted by Crippen LogP contribution is 2.48. The standard InChI is InChI=1S/C30H28ClFN4O3S/c1-39-16-6-15-33-25(37)18-35-26(38)19-40-29(21-9-5-10-22(31)17-21)27-28(20-7-3-2-4-8-20)34-36(30(27)35)24-13-11-23(32)12-14-24/h2-5,7-14,17,29H,6,15-16,18-19H2,1H3,(H,33,37)/t29-/m0/s1. The second-order valence-corrected chi connectivity index (χ2v) is 10.8. The van der Waals surface area contributed by atoms with Gasteiger partial charge in [0.05, 0.1) is 22.4 Å². The van der Waals surface area contributed by atoms with Crippen LogP contribution in [-0.2, 0) is 14.3 Å². The van der Waals surface area contributed by atoms with Crippen molar-refractivity contribution in [1.29, 1.82) is 0 Å². The van der Waals surface area contributed by atoms with Gasteiger partial charge in [0.25, 0.3) is 0 Å². The Morgan fingerprint density at radius 2 is 1.90 bits per heavy atom.